The topological polar surface area (TPSA) is 27.0 Å². The first kappa shape index (κ1) is 17.6. The molecule has 0 amide bonds. The molecule has 0 radical (unpaired) electrons. The second kappa shape index (κ2) is 7.32. The summed E-state index contributed by atoms with van der Waals surface area (Å²) in [4.78, 5) is 1.91. The number of halogens is 3. The van der Waals surface area contributed by atoms with Crippen LogP contribution in [0.25, 0.3) is 0 Å². The summed E-state index contributed by atoms with van der Waals surface area (Å²) in [6, 6.07) is 23.8. The molecule has 0 saturated heterocycles. The SMILES string of the molecule is N#Cc1ccc(N(Cc2ccccc2)c2ccc(C(F)(F)F)cc2)cc1. The molecule has 3 aromatic rings. The number of anilines is 2. The van der Waals surface area contributed by atoms with Gasteiger partial charge < -0.3 is 4.90 Å². The first-order valence-corrected chi connectivity index (χ1v) is 7.96. The van der Waals surface area contributed by atoms with E-state index in [-0.39, 0.29) is 0 Å². The Balaban J connectivity index is 1.98. The molecule has 0 bridgehead atoms. The average Bonchev–Trinajstić information content (AvgIpc) is 2.66. The van der Waals surface area contributed by atoms with Gasteiger partial charge in [-0.3, -0.25) is 0 Å². The first-order valence-electron chi connectivity index (χ1n) is 7.96. The number of nitrogens with zero attached hydrogens (tertiary/aromatic N) is 2. The van der Waals surface area contributed by atoms with Crippen LogP contribution in [0.3, 0.4) is 0 Å². The molecule has 0 heterocycles. The van der Waals surface area contributed by atoms with E-state index in [2.05, 4.69) is 6.07 Å². The molecular weight excluding hydrogens is 337 g/mol. The number of alkyl halides is 3. The van der Waals surface area contributed by atoms with Crippen LogP contribution in [-0.4, -0.2) is 0 Å². The minimum atomic E-state index is -4.36. The number of nitriles is 1. The van der Waals surface area contributed by atoms with E-state index >= 15 is 0 Å². The van der Waals surface area contributed by atoms with Crippen molar-refractivity contribution >= 4 is 11.4 Å². The molecule has 3 rings (SSSR count). The lowest BCUT2D eigenvalue weighted by Crippen LogP contribution is -2.16. The fourth-order valence-corrected chi connectivity index (χ4v) is 2.64. The van der Waals surface area contributed by atoms with E-state index in [1.165, 1.54) is 12.1 Å². The molecule has 0 aliphatic heterocycles. The molecule has 0 unspecified atom stereocenters. The molecule has 0 saturated carbocycles. The standard InChI is InChI=1S/C21H15F3N2/c22-21(23,24)18-8-12-20(13-9-18)26(15-17-4-2-1-3-5-17)19-10-6-16(14-25)7-11-19/h1-13H,15H2. The Morgan fingerprint density at radius 3 is 1.81 bits per heavy atom. The predicted octanol–water partition coefficient (Wildman–Crippen LogP) is 5.92. The largest absolute Gasteiger partial charge is 0.416 e. The van der Waals surface area contributed by atoms with Crippen LogP contribution in [0.15, 0.2) is 78.9 Å². The Morgan fingerprint density at radius 1 is 0.769 bits per heavy atom. The Labute approximate surface area is 149 Å². The van der Waals surface area contributed by atoms with Gasteiger partial charge >= 0.3 is 6.18 Å². The lowest BCUT2D eigenvalue weighted by Gasteiger charge is -2.25. The maximum Gasteiger partial charge on any atom is 0.416 e. The van der Waals surface area contributed by atoms with E-state index < -0.39 is 11.7 Å². The van der Waals surface area contributed by atoms with Gasteiger partial charge in [0.05, 0.1) is 17.2 Å². The van der Waals surface area contributed by atoms with Crippen LogP contribution in [0.5, 0.6) is 0 Å². The van der Waals surface area contributed by atoms with E-state index in [1.807, 2.05) is 35.2 Å². The molecule has 0 aromatic heterocycles. The second-order valence-corrected chi connectivity index (χ2v) is 5.78. The van der Waals surface area contributed by atoms with Gasteiger partial charge in [0.2, 0.25) is 0 Å². The highest BCUT2D eigenvalue weighted by molar-refractivity contribution is 5.64. The predicted molar refractivity (Wildman–Crippen MR) is 94.9 cm³/mol. The van der Waals surface area contributed by atoms with Crippen LogP contribution in [0.2, 0.25) is 0 Å². The van der Waals surface area contributed by atoms with Gasteiger partial charge in [-0.1, -0.05) is 30.3 Å². The summed E-state index contributed by atoms with van der Waals surface area (Å²) in [6.45, 7) is 0.498. The maximum absolute atomic E-state index is 12.8. The van der Waals surface area contributed by atoms with Crippen molar-refractivity contribution in [3.8, 4) is 6.07 Å². The summed E-state index contributed by atoms with van der Waals surface area (Å²) in [5, 5.41) is 8.96. The second-order valence-electron chi connectivity index (χ2n) is 5.78. The zero-order chi connectivity index (χ0) is 18.6. The van der Waals surface area contributed by atoms with Crippen molar-refractivity contribution in [1.82, 2.24) is 0 Å². The van der Waals surface area contributed by atoms with Crippen LogP contribution < -0.4 is 4.90 Å². The van der Waals surface area contributed by atoms with E-state index in [1.54, 1.807) is 24.3 Å². The van der Waals surface area contributed by atoms with Crippen molar-refractivity contribution in [2.45, 2.75) is 12.7 Å². The van der Waals surface area contributed by atoms with E-state index in [0.29, 0.717) is 17.8 Å². The van der Waals surface area contributed by atoms with Crippen molar-refractivity contribution in [2.24, 2.45) is 0 Å². The third-order valence-electron chi connectivity index (χ3n) is 4.00. The smallest absolute Gasteiger partial charge is 0.337 e. The van der Waals surface area contributed by atoms with E-state index in [9.17, 15) is 13.2 Å². The van der Waals surface area contributed by atoms with Gasteiger partial charge in [-0.2, -0.15) is 18.4 Å². The third-order valence-corrected chi connectivity index (χ3v) is 4.00. The fourth-order valence-electron chi connectivity index (χ4n) is 2.64. The average molecular weight is 352 g/mol. The number of hydrogen-bond donors (Lipinski definition) is 0. The van der Waals surface area contributed by atoms with Crippen molar-refractivity contribution in [2.75, 3.05) is 4.90 Å². The first-order chi connectivity index (χ1) is 12.5. The van der Waals surface area contributed by atoms with Crippen LogP contribution in [0, 0.1) is 11.3 Å². The molecule has 0 N–H and O–H groups in total. The number of rotatable bonds is 4. The highest BCUT2D eigenvalue weighted by Crippen LogP contribution is 2.33. The van der Waals surface area contributed by atoms with Crippen molar-refractivity contribution < 1.29 is 13.2 Å². The summed E-state index contributed by atoms with van der Waals surface area (Å²) in [5.74, 6) is 0. The van der Waals surface area contributed by atoms with Crippen molar-refractivity contribution in [3.63, 3.8) is 0 Å². The summed E-state index contributed by atoms with van der Waals surface area (Å²) >= 11 is 0. The molecular formula is C21H15F3N2. The molecule has 5 heteroatoms. The third kappa shape index (κ3) is 4.04. The maximum atomic E-state index is 12.8. The summed E-state index contributed by atoms with van der Waals surface area (Å²) in [7, 11) is 0. The molecule has 3 aromatic carbocycles. The molecule has 26 heavy (non-hydrogen) atoms. The summed E-state index contributed by atoms with van der Waals surface area (Å²) < 4.78 is 38.5. The van der Waals surface area contributed by atoms with E-state index in [0.717, 1.165) is 23.4 Å². The normalized spacial score (nSPS) is 11.0. The Morgan fingerprint density at radius 2 is 1.31 bits per heavy atom. The lowest BCUT2D eigenvalue weighted by atomic mass is 10.1. The fraction of sp³-hybridized carbons (Fsp3) is 0.0952. The number of hydrogen-bond acceptors (Lipinski definition) is 2. The van der Waals surface area contributed by atoms with Crippen LogP contribution in [0.1, 0.15) is 16.7 Å². The van der Waals surface area contributed by atoms with Gasteiger partial charge in [0, 0.05) is 17.9 Å². The van der Waals surface area contributed by atoms with Crippen molar-refractivity contribution in [1.29, 1.82) is 5.26 Å². The number of benzene rings is 3. The highest BCUT2D eigenvalue weighted by Gasteiger charge is 2.30. The quantitative estimate of drug-likeness (QED) is 0.583. The Bertz CT molecular complexity index is 893. The van der Waals surface area contributed by atoms with Crippen molar-refractivity contribution in [3.05, 3.63) is 95.6 Å². The molecule has 0 atom stereocenters. The molecule has 0 aliphatic carbocycles. The van der Waals surface area contributed by atoms with Crippen LogP contribution in [-0.2, 0) is 12.7 Å². The Kier molecular flexibility index (Phi) is 4.94. The highest BCUT2D eigenvalue weighted by atomic mass is 19.4. The van der Waals surface area contributed by atoms with Gasteiger partial charge in [-0.25, -0.2) is 0 Å². The minimum Gasteiger partial charge on any atom is -0.337 e. The molecule has 130 valence electrons. The zero-order valence-corrected chi connectivity index (χ0v) is 13.7. The van der Waals surface area contributed by atoms with Crippen LogP contribution >= 0.6 is 0 Å². The van der Waals surface area contributed by atoms with Gasteiger partial charge in [0.1, 0.15) is 0 Å². The van der Waals surface area contributed by atoms with Gasteiger partial charge in [-0.15, -0.1) is 0 Å². The molecule has 0 spiro atoms. The monoisotopic (exact) mass is 352 g/mol. The molecule has 2 nitrogen and oxygen atoms in total. The van der Waals surface area contributed by atoms with Gasteiger partial charge in [-0.05, 0) is 54.1 Å². The lowest BCUT2D eigenvalue weighted by molar-refractivity contribution is -0.137. The van der Waals surface area contributed by atoms with E-state index in [4.69, 9.17) is 5.26 Å². The molecule has 0 aliphatic rings. The minimum absolute atomic E-state index is 0.498. The zero-order valence-electron chi connectivity index (χ0n) is 13.7. The Hall–Kier alpha value is -3.26. The van der Waals surface area contributed by atoms with Crippen LogP contribution in [0.4, 0.5) is 24.5 Å². The summed E-state index contributed by atoms with van der Waals surface area (Å²) in [5.41, 5.74) is 2.32. The van der Waals surface area contributed by atoms with Gasteiger partial charge in [0.25, 0.3) is 0 Å². The molecule has 0 fully saturated rings. The van der Waals surface area contributed by atoms with Gasteiger partial charge in [0.15, 0.2) is 0 Å². The summed E-state index contributed by atoms with van der Waals surface area (Å²) in [6.07, 6.45) is -4.36.